The maximum atomic E-state index is 12.4. The monoisotopic (exact) mass is 320 g/mol. The molecule has 2 N–H and O–H groups in total. The van der Waals surface area contributed by atoms with Crippen LogP contribution in [0.3, 0.4) is 0 Å². The van der Waals surface area contributed by atoms with Crippen LogP contribution >= 0.6 is 11.3 Å². The van der Waals surface area contributed by atoms with Crippen molar-refractivity contribution in [2.45, 2.75) is 0 Å². The number of rotatable bonds is 2. The van der Waals surface area contributed by atoms with Gasteiger partial charge in [-0.25, -0.2) is 0 Å². The van der Waals surface area contributed by atoms with Gasteiger partial charge < -0.3 is 10.3 Å². The minimum absolute atomic E-state index is 0.130. The number of amides is 1. The van der Waals surface area contributed by atoms with Gasteiger partial charge in [0.05, 0.1) is 10.9 Å². The van der Waals surface area contributed by atoms with Gasteiger partial charge in [-0.2, -0.15) is 0 Å². The lowest BCUT2D eigenvalue weighted by Crippen LogP contribution is -2.12. The Morgan fingerprint density at radius 3 is 2.65 bits per heavy atom. The Balaban J connectivity index is 1.78. The number of benzene rings is 2. The summed E-state index contributed by atoms with van der Waals surface area (Å²) in [6.07, 6.45) is 0. The summed E-state index contributed by atoms with van der Waals surface area (Å²) >= 11 is 1.53. The van der Waals surface area contributed by atoms with Gasteiger partial charge in [0.25, 0.3) is 11.5 Å². The first-order chi connectivity index (χ1) is 11.2. The average Bonchev–Trinajstić information content (AvgIpc) is 3.06. The summed E-state index contributed by atoms with van der Waals surface area (Å²) in [6, 6.07) is 16.5. The van der Waals surface area contributed by atoms with Gasteiger partial charge >= 0.3 is 0 Å². The van der Waals surface area contributed by atoms with Crippen LogP contribution < -0.4 is 10.9 Å². The molecule has 0 aliphatic carbocycles. The number of aromatic amines is 1. The first-order valence-corrected chi connectivity index (χ1v) is 8.00. The van der Waals surface area contributed by atoms with E-state index in [1.807, 2.05) is 47.8 Å². The lowest BCUT2D eigenvalue weighted by atomic mass is 10.1. The van der Waals surface area contributed by atoms with Crippen molar-refractivity contribution in [1.29, 1.82) is 0 Å². The molecule has 0 aliphatic heterocycles. The lowest BCUT2D eigenvalue weighted by Gasteiger charge is -2.06. The molecule has 2 aromatic carbocycles. The van der Waals surface area contributed by atoms with Crippen LogP contribution in [-0.4, -0.2) is 10.9 Å². The molecular weight excluding hydrogens is 308 g/mol. The molecule has 0 radical (unpaired) electrons. The Hall–Kier alpha value is -2.92. The van der Waals surface area contributed by atoms with Gasteiger partial charge in [0, 0.05) is 21.3 Å². The lowest BCUT2D eigenvalue weighted by molar-refractivity contribution is 0.102. The van der Waals surface area contributed by atoms with E-state index in [-0.39, 0.29) is 11.5 Å². The van der Waals surface area contributed by atoms with Crippen LogP contribution in [0.2, 0.25) is 0 Å². The third kappa shape index (κ3) is 2.41. The van der Waals surface area contributed by atoms with Crippen LogP contribution in [0, 0.1) is 0 Å². The topological polar surface area (TPSA) is 62.0 Å². The zero-order valence-electron chi connectivity index (χ0n) is 12.0. The predicted molar refractivity (Wildman–Crippen MR) is 94.3 cm³/mol. The van der Waals surface area contributed by atoms with Crippen LogP contribution in [-0.2, 0) is 0 Å². The van der Waals surface area contributed by atoms with Crippen molar-refractivity contribution in [2.75, 3.05) is 5.32 Å². The fourth-order valence-corrected chi connectivity index (χ4v) is 3.53. The molecule has 112 valence electrons. The highest BCUT2D eigenvalue weighted by Crippen LogP contribution is 2.26. The molecule has 5 heteroatoms. The fourth-order valence-electron chi connectivity index (χ4n) is 2.60. The zero-order chi connectivity index (χ0) is 15.8. The van der Waals surface area contributed by atoms with Crippen LogP contribution in [0.5, 0.6) is 0 Å². The predicted octanol–water partition coefficient (Wildman–Crippen LogP) is 4.00. The van der Waals surface area contributed by atoms with Gasteiger partial charge in [-0.1, -0.05) is 24.3 Å². The highest BCUT2D eigenvalue weighted by atomic mass is 32.1. The van der Waals surface area contributed by atoms with Crippen molar-refractivity contribution in [1.82, 2.24) is 4.98 Å². The number of carbonyl (C=O) groups is 1. The molecule has 4 aromatic rings. The van der Waals surface area contributed by atoms with Crippen molar-refractivity contribution in [3.8, 4) is 0 Å². The molecule has 2 heterocycles. The van der Waals surface area contributed by atoms with Gasteiger partial charge in [-0.15, -0.1) is 11.3 Å². The van der Waals surface area contributed by atoms with E-state index in [0.717, 1.165) is 15.8 Å². The van der Waals surface area contributed by atoms with Crippen LogP contribution in [0.25, 0.3) is 21.0 Å². The molecule has 0 saturated carbocycles. The molecule has 0 fully saturated rings. The Labute approximate surface area is 135 Å². The number of H-pyrrole nitrogens is 1. The molecule has 0 aliphatic rings. The Morgan fingerprint density at radius 1 is 1.00 bits per heavy atom. The standard InChI is InChI=1S/C18H12N2O2S/c21-17(19-12-4-2-1-3-5-12)11-6-7-13-15(10-11)20-18(22)14-8-9-23-16(13)14/h1-10H,(H,19,21)(H,20,22). The van der Waals surface area contributed by atoms with Crippen LogP contribution in [0.4, 0.5) is 5.69 Å². The summed E-state index contributed by atoms with van der Waals surface area (Å²) in [5.41, 5.74) is 1.78. The number of nitrogens with one attached hydrogen (secondary N) is 2. The van der Waals surface area contributed by atoms with Crippen molar-refractivity contribution in [3.05, 3.63) is 75.9 Å². The SMILES string of the molecule is O=C(Nc1ccccc1)c1ccc2c(c1)[nH]c(=O)c1ccsc12. The quantitative estimate of drug-likeness (QED) is 0.586. The van der Waals surface area contributed by atoms with Crippen LogP contribution in [0.15, 0.2) is 64.8 Å². The van der Waals surface area contributed by atoms with Gasteiger partial charge in [-0.3, -0.25) is 9.59 Å². The van der Waals surface area contributed by atoms with Gasteiger partial charge in [0.15, 0.2) is 0 Å². The zero-order valence-corrected chi connectivity index (χ0v) is 12.8. The van der Waals surface area contributed by atoms with E-state index in [1.54, 1.807) is 12.1 Å². The van der Waals surface area contributed by atoms with E-state index in [1.165, 1.54) is 11.3 Å². The Bertz CT molecular complexity index is 1080. The third-order valence-electron chi connectivity index (χ3n) is 3.72. The van der Waals surface area contributed by atoms with E-state index in [0.29, 0.717) is 16.5 Å². The Kier molecular flexibility index (Phi) is 3.20. The third-order valence-corrected chi connectivity index (χ3v) is 4.66. The molecule has 1 amide bonds. The van der Waals surface area contributed by atoms with Crippen molar-refractivity contribution < 1.29 is 4.79 Å². The molecule has 4 rings (SSSR count). The average molecular weight is 320 g/mol. The number of carbonyl (C=O) groups excluding carboxylic acids is 1. The smallest absolute Gasteiger partial charge is 0.257 e. The minimum Gasteiger partial charge on any atom is -0.322 e. The van der Waals surface area contributed by atoms with E-state index in [4.69, 9.17) is 0 Å². The highest BCUT2D eigenvalue weighted by Gasteiger charge is 2.10. The summed E-state index contributed by atoms with van der Waals surface area (Å²) in [4.78, 5) is 27.3. The molecule has 2 aromatic heterocycles. The molecule has 0 spiro atoms. The number of fused-ring (bicyclic) bond motifs is 3. The summed E-state index contributed by atoms with van der Waals surface area (Å²) in [5, 5.41) is 6.37. The first kappa shape index (κ1) is 13.7. The number of pyridine rings is 1. The van der Waals surface area contributed by atoms with Crippen molar-refractivity contribution in [3.63, 3.8) is 0 Å². The summed E-state index contributed by atoms with van der Waals surface area (Å²) < 4.78 is 0.943. The summed E-state index contributed by atoms with van der Waals surface area (Å²) in [7, 11) is 0. The van der Waals surface area contributed by atoms with E-state index in [2.05, 4.69) is 10.3 Å². The maximum absolute atomic E-state index is 12.4. The van der Waals surface area contributed by atoms with Gasteiger partial charge in [0.1, 0.15) is 0 Å². The van der Waals surface area contributed by atoms with Gasteiger partial charge in [0.2, 0.25) is 0 Å². The summed E-state index contributed by atoms with van der Waals surface area (Å²) in [6.45, 7) is 0. The fraction of sp³-hybridized carbons (Fsp3) is 0. The second-order valence-corrected chi connectivity index (χ2v) is 6.11. The number of anilines is 1. The molecule has 23 heavy (non-hydrogen) atoms. The molecule has 0 atom stereocenters. The molecular formula is C18H12N2O2S. The molecule has 0 saturated heterocycles. The number of hydrogen-bond donors (Lipinski definition) is 2. The van der Waals surface area contributed by atoms with E-state index >= 15 is 0 Å². The van der Waals surface area contributed by atoms with Gasteiger partial charge in [-0.05, 0) is 35.7 Å². The van der Waals surface area contributed by atoms with Crippen molar-refractivity contribution >= 4 is 43.9 Å². The van der Waals surface area contributed by atoms with Crippen LogP contribution in [0.1, 0.15) is 10.4 Å². The maximum Gasteiger partial charge on any atom is 0.257 e. The number of para-hydroxylation sites is 1. The Morgan fingerprint density at radius 2 is 1.83 bits per heavy atom. The number of hydrogen-bond acceptors (Lipinski definition) is 3. The van der Waals surface area contributed by atoms with E-state index < -0.39 is 0 Å². The summed E-state index contributed by atoms with van der Waals surface area (Å²) in [5.74, 6) is -0.203. The number of thiophene rings is 1. The first-order valence-electron chi connectivity index (χ1n) is 7.12. The largest absolute Gasteiger partial charge is 0.322 e. The molecule has 4 nitrogen and oxygen atoms in total. The number of aromatic nitrogens is 1. The minimum atomic E-state index is -0.203. The second-order valence-electron chi connectivity index (χ2n) is 5.20. The molecule has 0 unspecified atom stereocenters. The normalized spacial score (nSPS) is 11.0. The highest BCUT2D eigenvalue weighted by molar-refractivity contribution is 7.18. The van der Waals surface area contributed by atoms with Crippen molar-refractivity contribution in [2.24, 2.45) is 0 Å². The molecule has 0 bridgehead atoms. The second kappa shape index (κ2) is 5.37. The van der Waals surface area contributed by atoms with E-state index in [9.17, 15) is 9.59 Å².